The molecule has 2 saturated heterocycles. The molecule has 6 aliphatic rings. The van der Waals surface area contributed by atoms with Gasteiger partial charge in [-0.3, -0.25) is 10.2 Å². The van der Waals surface area contributed by atoms with Gasteiger partial charge in [0.05, 0.1) is 31.3 Å². The molecule has 0 aromatic heterocycles. The average Bonchev–Trinajstić information content (AvgIpc) is 3.10. The Morgan fingerprint density at radius 2 is 1.81 bits per heavy atom. The van der Waals surface area contributed by atoms with E-state index in [9.17, 15) is 4.79 Å². The highest BCUT2D eigenvalue weighted by molar-refractivity contribution is 5.92. The Morgan fingerprint density at radius 3 is 2.37 bits per heavy atom. The lowest BCUT2D eigenvalue weighted by molar-refractivity contribution is -0.305. The highest BCUT2D eigenvalue weighted by atomic mass is 16.5. The number of carbonyl (C=O) groups excluding carboxylic acids is 1. The van der Waals surface area contributed by atoms with Crippen LogP contribution in [0.2, 0.25) is 0 Å². The molecule has 2 aliphatic heterocycles. The molecule has 1 amide bonds. The summed E-state index contributed by atoms with van der Waals surface area (Å²) in [6.07, 6.45) is 14.5. The first-order valence-corrected chi connectivity index (χ1v) is 21.5. The van der Waals surface area contributed by atoms with Gasteiger partial charge >= 0.3 is 0 Å². The fraction of sp³-hybridized carbons (Fsp3) is 0.826. The maximum Gasteiger partial charge on any atom is 0.268 e. The van der Waals surface area contributed by atoms with Crippen molar-refractivity contribution in [1.29, 1.82) is 0 Å². The lowest BCUT2D eigenvalue weighted by Crippen LogP contribution is -2.76. The van der Waals surface area contributed by atoms with Crippen molar-refractivity contribution in [3.8, 4) is 0 Å². The Bertz CT molecular complexity index is 1500. The van der Waals surface area contributed by atoms with Crippen LogP contribution in [0.25, 0.3) is 0 Å². The Morgan fingerprint density at radius 1 is 1.13 bits per heavy atom. The predicted molar refractivity (Wildman–Crippen MR) is 222 cm³/mol. The molecule has 0 aromatic carbocycles. The molecular formula is C46H78N4O4. The monoisotopic (exact) mass is 751 g/mol. The smallest absolute Gasteiger partial charge is 0.268 e. The van der Waals surface area contributed by atoms with E-state index in [4.69, 9.17) is 14.2 Å². The van der Waals surface area contributed by atoms with E-state index in [0.29, 0.717) is 40.9 Å². The molecule has 8 nitrogen and oxygen atoms in total. The average molecular weight is 751 g/mol. The summed E-state index contributed by atoms with van der Waals surface area (Å²) in [7, 11) is 2.08. The minimum atomic E-state index is -0.226. The zero-order chi connectivity index (χ0) is 40.2. The van der Waals surface area contributed by atoms with E-state index in [-0.39, 0.29) is 57.2 Å². The van der Waals surface area contributed by atoms with Crippen molar-refractivity contribution in [3.63, 3.8) is 0 Å². The Kier molecular flexibility index (Phi) is 12.2. The molecule has 0 aromatic rings. The first-order chi connectivity index (χ1) is 25.2. The van der Waals surface area contributed by atoms with Crippen LogP contribution >= 0.6 is 0 Å². The second kappa shape index (κ2) is 15.3. The maximum absolute atomic E-state index is 11.1. The standard InChI is InChI=1S/C38H63NO3.C8H15N3O/c1-13-31(41-22-35(10,39-12)24(4)5)33(8)21-40-26(7)36(11)28-16-17-37-20-29-32(37)38(42-29,25(6)23(2)3)19-18-34(37,9)27(28)14-15-30(33)36;1-5-9-11-7(4)8(12)10-6(2)3/h16,20,23-27,30-32,39H,13-15,17-19,21-22H2,1-12H3;5-6,11H,4H2,1-3H3,(H,10,12)/b;9-5-/t25-,26?,27?,30?,31?,32+,33+,34?,35+,36?,37-,38+;/m1./s1. The van der Waals surface area contributed by atoms with Crippen molar-refractivity contribution in [2.24, 2.45) is 62.3 Å². The lowest BCUT2D eigenvalue weighted by atomic mass is 9.32. The third kappa shape index (κ3) is 6.44. The molecule has 2 heterocycles. The number of carbonyl (C=O) groups is 1. The molecular weight excluding hydrogens is 673 g/mol. The summed E-state index contributed by atoms with van der Waals surface area (Å²) in [6, 6.07) is 0.113. The van der Waals surface area contributed by atoms with Crippen LogP contribution in [0.4, 0.5) is 0 Å². The van der Waals surface area contributed by atoms with Gasteiger partial charge in [-0.2, -0.15) is 5.10 Å². The normalized spacial score (nSPS) is 39.7. The molecule has 2 saturated carbocycles. The molecule has 4 aliphatic carbocycles. The number of likely N-dealkylation sites (N-methyl/N-ethyl adjacent to an activating group) is 1. The van der Waals surface area contributed by atoms with Crippen LogP contribution < -0.4 is 16.1 Å². The van der Waals surface area contributed by atoms with Crippen LogP contribution in [0, 0.1) is 57.2 Å². The molecule has 6 unspecified atom stereocenters. The zero-order valence-corrected chi connectivity index (χ0v) is 36.9. The van der Waals surface area contributed by atoms with Crippen LogP contribution in [0.1, 0.15) is 135 Å². The van der Waals surface area contributed by atoms with E-state index >= 15 is 0 Å². The fourth-order valence-corrected chi connectivity index (χ4v) is 12.2. The van der Waals surface area contributed by atoms with Gasteiger partial charge in [-0.15, -0.1) is 0 Å². The molecule has 3 N–H and O–H groups in total. The van der Waals surface area contributed by atoms with E-state index in [0.717, 1.165) is 19.6 Å². The maximum atomic E-state index is 11.1. The van der Waals surface area contributed by atoms with Crippen LogP contribution in [0.15, 0.2) is 40.9 Å². The van der Waals surface area contributed by atoms with Gasteiger partial charge in [0.1, 0.15) is 17.1 Å². The van der Waals surface area contributed by atoms with Crippen LogP contribution in [0.3, 0.4) is 0 Å². The molecule has 54 heavy (non-hydrogen) atoms. The quantitative estimate of drug-likeness (QED) is 0.0753. The summed E-state index contributed by atoms with van der Waals surface area (Å²) in [5.74, 6) is 4.64. The van der Waals surface area contributed by atoms with E-state index in [2.05, 4.69) is 123 Å². The van der Waals surface area contributed by atoms with E-state index < -0.39 is 0 Å². The topological polar surface area (TPSA) is 93.2 Å². The Labute approximate surface area is 329 Å². The number of amides is 1. The number of nitrogens with one attached hydrogen (secondary N) is 3. The second-order valence-corrected chi connectivity index (χ2v) is 20.0. The van der Waals surface area contributed by atoms with Gasteiger partial charge < -0.3 is 24.8 Å². The molecule has 4 fully saturated rings. The third-order valence-corrected chi connectivity index (χ3v) is 16.6. The first kappa shape index (κ1) is 43.0. The van der Waals surface area contributed by atoms with E-state index in [1.165, 1.54) is 37.9 Å². The van der Waals surface area contributed by atoms with Gasteiger partial charge in [0.25, 0.3) is 5.91 Å². The van der Waals surface area contributed by atoms with Gasteiger partial charge in [0, 0.05) is 34.0 Å². The summed E-state index contributed by atoms with van der Waals surface area (Å²) in [5.41, 5.74) is 5.10. The molecule has 12 atom stereocenters. The summed E-state index contributed by atoms with van der Waals surface area (Å²) in [4.78, 5) is 11.1. The minimum absolute atomic E-state index is 0.0107. The lowest BCUT2D eigenvalue weighted by Gasteiger charge is -2.77. The summed E-state index contributed by atoms with van der Waals surface area (Å²) in [5, 5.41) is 9.91. The van der Waals surface area contributed by atoms with Crippen molar-refractivity contribution < 1.29 is 19.0 Å². The van der Waals surface area contributed by atoms with Gasteiger partial charge in [0.15, 0.2) is 0 Å². The largest absolute Gasteiger partial charge is 0.490 e. The number of hydrogen-bond acceptors (Lipinski definition) is 7. The highest BCUT2D eigenvalue weighted by Gasteiger charge is 2.78. The van der Waals surface area contributed by atoms with Gasteiger partial charge in [-0.25, -0.2) is 0 Å². The Balaban J connectivity index is 0.000000404. The zero-order valence-electron chi connectivity index (χ0n) is 36.9. The van der Waals surface area contributed by atoms with Crippen LogP contribution in [-0.4, -0.2) is 61.8 Å². The Hall–Kier alpha value is -2.16. The van der Waals surface area contributed by atoms with Crippen molar-refractivity contribution >= 4 is 12.1 Å². The summed E-state index contributed by atoms with van der Waals surface area (Å²) >= 11 is 0. The molecule has 0 radical (unpaired) electrons. The highest BCUT2D eigenvalue weighted by Crippen LogP contribution is 2.81. The van der Waals surface area contributed by atoms with Crippen LogP contribution in [-0.2, 0) is 19.0 Å². The fourth-order valence-electron chi connectivity index (χ4n) is 12.2. The predicted octanol–water partition coefficient (Wildman–Crippen LogP) is 9.18. The van der Waals surface area contributed by atoms with Gasteiger partial charge in [-0.1, -0.05) is 80.5 Å². The molecule has 1 spiro atoms. The first-order valence-electron chi connectivity index (χ1n) is 21.5. The van der Waals surface area contributed by atoms with Crippen molar-refractivity contribution in [1.82, 2.24) is 16.1 Å². The van der Waals surface area contributed by atoms with Crippen molar-refractivity contribution in [2.75, 3.05) is 20.3 Å². The van der Waals surface area contributed by atoms with E-state index in [1.54, 1.807) is 18.7 Å². The minimum Gasteiger partial charge on any atom is -0.490 e. The van der Waals surface area contributed by atoms with Gasteiger partial charge in [0.2, 0.25) is 0 Å². The van der Waals surface area contributed by atoms with Crippen LogP contribution in [0.5, 0.6) is 0 Å². The second-order valence-electron chi connectivity index (χ2n) is 20.0. The number of nitrogens with zero attached hydrogens (tertiary/aromatic N) is 1. The number of ether oxygens (including phenoxy) is 3. The van der Waals surface area contributed by atoms with E-state index in [1.807, 2.05) is 13.8 Å². The number of allylic oxidation sites excluding steroid dienone is 2. The number of hydrazone groups is 1. The molecule has 6 rings (SSSR count). The van der Waals surface area contributed by atoms with Crippen molar-refractivity contribution in [3.05, 3.63) is 35.8 Å². The third-order valence-electron chi connectivity index (χ3n) is 16.6. The summed E-state index contributed by atoms with van der Waals surface area (Å²) < 4.78 is 20.5. The molecule has 8 heteroatoms. The number of rotatable bonds is 13. The van der Waals surface area contributed by atoms with Crippen molar-refractivity contribution in [2.45, 2.75) is 165 Å². The molecule has 0 bridgehead atoms. The SMILES string of the molecule is C=C(N/N=C\C)C(=O)NC(C)C.CCC(OC[C@](C)(NC)C(C)C)[C@@]1(C)COC(C)C2(C)C3=CC[C@]45C=C6O[C@]([C@H](C)C(C)C)(CCC4(C)C3CCC21)[C@@H]65. The van der Waals surface area contributed by atoms with Gasteiger partial charge in [-0.05, 0) is 121 Å². The molecule has 306 valence electrons. The number of fused-ring (bicyclic) bond motifs is 4. The summed E-state index contributed by atoms with van der Waals surface area (Å²) in [6.45, 7) is 37.2. The number of hydrogen-bond donors (Lipinski definition) is 3.